The molecule has 1 unspecified atom stereocenters. The van der Waals surface area contributed by atoms with E-state index in [1.165, 1.54) is 22.8 Å². The summed E-state index contributed by atoms with van der Waals surface area (Å²) in [4.78, 5) is 7.20. The monoisotopic (exact) mass is 392 g/mol. The maximum absolute atomic E-state index is 5.63. The van der Waals surface area contributed by atoms with Crippen molar-refractivity contribution in [1.82, 2.24) is 10.6 Å². The molecule has 1 heterocycles. The molecular formula is C21H36N4OS. The van der Waals surface area contributed by atoms with E-state index in [0.29, 0.717) is 6.54 Å². The molecule has 6 heteroatoms. The Morgan fingerprint density at radius 1 is 1.19 bits per heavy atom. The maximum atomic E-state index is 5.63. The van der Waals surface area contributed by atoms with Crippen molar-refractivity contribution >= 4 is 23.4 Å². The smallest absolute Gasteiger partial charge is 0.191 e. The lowest BCUT2D eigenvalue weighted by Gasteiger charge is -2.30. The van der Waals surface area contributed by atoms with Crippen LogP contribution in [0.25, 0.3) is 0 Å². The Bertz CT molecular complexity index is 577. The zero-order chi connectivity index (χ0) is 19.7. The van der Waals surface area contributed by atoms with Gasteiger partial charge in [0.1, 0.15) is 0 Å². The van der Waals surface area contributed by atoms with Gasteiger partial charge in [0.25, 0.3) is 0 Å². The minimum atomic E-state index is 0.0852. The van der Waals surface area contributed by atoms with Crippen LogP contribution in [0.1, 0.15) is 33.3 Å². The third-order valence-corrected chi connectivity index (χ3v) is 5.72. The molecule has 1 aliphatic heterocycles. The van der Waals surface area contributed by atoms with Crippen LogP contribution >= 0.6 is 11.8 Å². The SMILES string of the molecule is CCNC(=NCc1ccc(N2CCSCC2)cc1)NCC(OC)C(C)(C)C. The van der Waals surface area contributed by atoms with E-state index in [4.69, 9.17) is 9.73 Å². The minimum Gasteiger partial charge on any atom is -0.379 e. The van der Waals surface area contributed by atoms with Crippen LogP contribution in [0.2, 0.25) is 0 Å². The second kappa shape index (κ2) is 10.8. The van der Waals surface area contributed by atoms with Crippen LogP contribution in [0.4, 0.5) is 5.69 Å². The van der Waals surface area contributed by atoms with E-state index in [2.05, 4.69) is 67.5 Å². The van der Waals surface area contributed by atoms with Gasteiger partial charge in [-0.1, -0.05) is 32.9 Å². The number of ether oxygens (including phenoxy) is 1. The van der Waals surface area contributed by atoms with Crippen LogP contribution in [0.5, 0.6) is 0 Å². The molecule has 0 spiro atoms. The van der Waals surface area contributed by atoms with Crippen molar-refractivity contribution in [3.63, 3.8) is 0 Å². The highest BCUT2D eigenvalue weighted by molar-refractivity contribution is 7.99. The normalized spacial score (nSPS) is 16.9. The lowest BCUT2D eigenvalue weighted by atomic mass is 9.89. The van der Waals surface area contributed by atoms with Gasteiger partial charge in [-0.2, -0.15) is 11.8 Å². The van der Waals surface area contributed by atoms with Gasteiger partial charge in [0, 0.05) is 50.5 Å². The largest absolute Gasteiger partial charge is 0.379 e. The van der Waals surface area contributed by atoms with Crippen molar-refractivity contribution in [1.29, 1.82) is 0 Å². The highest BCUT2D eigenvalue weighted by Gasteiger charge is 2.24. The summed E-state index contributed by atoms with van der Waals surface area (Å²) < 4.78 is 5.63. The molecule has 1 aromatic carbocycles. The van der Waals surface area contributed by atoms with Gasteiger partial charge in [-0.25, -0.2) is 4.99 Å². The first-order valence-electron chi connectivity index (χ1n) is 9.90. The van der Waals surface area contributed by atoms with E-state index < -0.39 is 0 Å². The fourth-order valence-corrected chi connectivity index (χ4v) is 3.98. The summed E-state index contributed by atoms with van der Waals surface area (Å²) in [5.41, 5.74) is 2.63. The molecule has 1 fully saturated rings. The van der Waals surface area contributed by atoms with Gasteiger partial charge in [0.15, 0.2) is 5.96 Å². The quantitative estimate of drug-likeness (QED) is 0.550. The van der Waals surface area contributed by atoms with Crippen LogP contribution in [0.15, 0.2) is 29.3 Å². The molecule has 0 amide bonds. The van der Waals surface area contributed by atoms with Crippen molar-refractivity contribution in [2.24, 2.45) is 10.4 Å². The fraction of sp³-hybridized carbons (Fsp3) is 0.667. The van der Waals surface area contributed by atoms with Crippen LogP contribution in [0, 0.1) is 5.41 Å². The first kappa shape index (κ1) is 21.9. The van der Waals surface area contributed by atoms with Crippen LogP contribution in [-0.4, -0.2) is 56.9 Å². The number of benzene rings is 1. The summed E-state index contributed by atoms with van der Waals surface area (Å²) in [5, 5.41) is 6.73. The van der Waals surface area contributed by atoms with E-state index in [1.807, 2.05) is 11.8 Å². The number of anilines is 1. The molecule has 1 aromatic rings. The number of hydrogen-bond acceptors (Lipinski definition) is 4. The second-order valence-corrected chi connectivity index (χ2v) is 9.16. The Morgan fingerprint density at radius 3 is 2.41 bits per heavy atom. The van der Waals surface area contributed by atoms with Crippen LogP contribution in [-0.2, 0) is 11.3 Å². The predicted octanol–water partition coefficient (Wildman–Crippen LogP) is 3.36. The van der Waals surface area contributed by atoms with Gasteiger partial charge < -0.3 is 20.3 Å². The van der Waals surface area contributed by atoms with Crippen molar-refractivity contribution in [2.45, 2.75) is 40.3 Å². The minimum absolute atomic E-state index is 0.0852. The number of nitrogens with zero attached hydrogens (tertiary/aromatic N) is 2. The molecule has 0 bridgehead atoms. The molecule has 1 atom stereocenters. The molecule has 1 aliphatic rings. The highest BCUT2D eigenvalue weighted by atomic mass is 32.2. The van der Waals surface area contributed by atoms with Crippen molar-refractivity contribution in [3.05, 3.63) is 29.8 Å². The second-order valence-electron chi connectivity index (χ2n) is 7.93. The zero-order valence-electron chi connectivity index (χ0n) is 17.5. The number of rotatable bonds is 7. The summed E-state index contributed by atoms with van der Waals surface area (Å²) >= 11 is 2.04. The number of guanidine groups is 1. The van der Waals surface area contributed by atoms with E-state index in [1.54, 1.807) is 7.11 Å². The summed E-state index contributed by atoms with van der Waals surface area (Å²) in [6.07, 6.45) is 0.128. The number of thioether (sulfide) groups is 1. The average molecular weight is 393 g/mol. The van der Waals surface area contributed by atoms with Gasteiger partial charge in [0.05, 0.1) is 12.6 Å². The molecule has 2 N–H and O–H groups in total. The number of methoxy groups -OCH3 is 1. The lowest BCUT2D eigenvalue weighted by Crippen LogP contribution is -2.45. The first-order chi connectivity index (χ1) is 12.9. The Labute approximate surface area is 169 Å². The Morgan fingerprint density at radius 2 is 1.85 bits per heavy atom. The Hall–Kier alpha value is -1.40. The van der Waals surface area contributed by atoms with Gasteiger partial charge in [0.2, 0.25) is 0 Å². The fourth-order valence-electron chi connectivity index (χ4n) is 3.08. The van der Waals surface area contributed by atoms with Crippen molar-refractivity contribution in [3.8, 4) is 0 Å². The summed E-state index contributed by atoms with van der Waals surface area (Å²) in [7, 11) is 1.77. The van der Waals surface area contributed by atoms with E-state index >= 15 is 0 Å². The average Bonchev–Trinajstić information content (AvgIpc) is 2.66. The number of hydrogen-bond donors (Lipinski definition) is 2. The number of aliphatic imine (C=N–C) groups is 1. The molecule has 27 heavy (non-hydrogen) atoms. The molecule has 0 saturated carbocycles. The lowest BCUT2D eigenvalue weighted by molar-refractivity contribution is 0.0205. The van der Waals surface area contributed by atoms with Gasteiger partial charge in [-0.3, -0.25) is 0 Å². The van der Waals surface area contributed by atoms with Crippen molar-refractivity contribution in [2.75, 3.05) is 49.7 Å². The third kappa shape index (κ3) is 7.26. The molecule has 152 valence electrons. The van der Waals surface area contributed by atoms with Crippen LogP contribution < -0.4 is 15.5 Å². The third-order valence-electron chi connectivity index (χ3n) is 4.78. The maximum Gasteiger partial charge on any atom is 0.191 e. The van der Waals surface area contributed by atoms with E-state index in [0.717, 1.165) is 32.1 Å². The first-order valence-corrected chi connectivity index (χ1v) is 11.1. The molecule has 0 aliphatic carbocycles. The number of nitrogens with one attached hydrogen (secondary N) is 2. The van der Waals surface area contributed by atoms with Gasteiger partial charge >= 0.3 is 0 Å². The standard InChI is InChI=1S/C21H36N4OS/c1-6-22-20(24-16-19(26-5)21(2,3)4)23-15-17-7-9-18(10-8-17)25-11-13-27-14-12-25/h7-10,19H,6,11-16H2,1-5H3,(H2,22,23,24). The highest BCUT2D eigenvalue weighted by Crippen LogP contribution is 2.21. The Kier molecular flexibility index (Phi) is 8.77. The topological polar surface area (TPSA) is 48.9 Å². The molecule has 0 aromatic heterocycles. The summed E-state index contributed by atoms with van der Waals surface area (Å²) in [6, 6.07) is 8.83. The van der Waals surface area contributed by atoms with E-state index in [9.17, 15) is 0 Å². The zero-order valence-corrected chi connectivity index (χ0v) is 18.4. The molecule has 2 rings (SSSR count). The summed E-state index contributed by atoms with van der Waals surface area (Å²) in [6.45, 7) is 13.2. The van der Waals surface area contributed by atoms with Crippen LogP contribution in [0.3, 0.4) is 0 Å². The van der Waals surface area contributed by atoms with Crippen molar-refractivity contribution < 1.29 is 4.74 Å². The summed E-state index contributed by atoms with van der Waals surface area (Å²) in [5.74, 6) is 3.28. The molecule has 1 saturated heterocycles. The van der Waals surface area contributed by atoms with Gasteiger partial charge in [-0.05, 0) is 30.0 Å². The predicted molar refractivity (Wildman–Crippen MR) is 119 cm³/mol. The molecule has 0 radical (unpaired) electrons. The molecular weight excluding hydrogens is 356 g/mol. The van der Waals surface area contributed by atoms with E-state index in [-0.39, 0.29) is 11.5 Å². The Balaban J connectivity index is 1.93. The van der Waals surface area contributed by atoms with Gasteiger partial charge in [-0.15, -0.1) is 0 Å². The molecule has 5 nitrogen and oxygen atoms in total.